The molecule has 1 N–H and O–H groups in total. The molecule has 1 saturated heterocycles. The van der Waals surface area contributed by atoms with Crippen molar-refractivity contribution in [3.05, 3.63) is 41.2 Å². The molecule has 1 amide bonds. The Bertz CT molecular complexity index is 728. The first-order chi connectivity index (χ1) is 12.2. The van der Waals surface area contributed by atoms with Crippen molar-refractivity contribution in [1.29, 1.82) is 0 Å². The summed E-state index contributed by atoms with van der Waals surface area (Å²) in [5.41, 5.74) is 1.17. The normalized spacial score (nSPS) is 14.7. The summed E-state index contributed by atoms with van der Waals surface area (Å²) in [4.78, 5) is 22.9. The zero-order chi connectivity index (χ0) is 17.6. The van der Waals surface area contributed by atoms with Gasteiger partial charge in [0.2, 0.25) is 5.95 Å². The van der Waals surface area contributed by atoms with Crippen LogP contribution in [0.25, 0.3) is 0 Å². The Hall–Kier alpha value is -2.34. The van der Waals surface area contributed by atoms with E-state index in [4.69, 9.17) is 16.3 Å². The number of nitrogens with one attached hydrogen (secondary N) is 1. The number of carbonyl (C=O) groups excluding carboxylic acids is 1. The van der Waals surface area contributed by atoms with Crippen molar-refractivity contribution in [1.82, 2.24) is 14.9 Å². The van der Waals surface area contributed by atoms with E-state index in [0.29, 0.717) is 28.0 Å². The van der Waals surface area contributed by atoms with Gasteiger partial charge < -0.3 is 15.0 Å². The van der Waals surface area contributed by atoms with Gasteiger partial charge in [0.1, 0.15) is 5.75 Å². The standard InChI is InChI=1S/C18H21ClN4O2/c1-25-16-7-6-14(19)10-15(16)22-18-20-11-13(12-21-18)17(24)23-8-4-2-3-5-9-23/h6-7,10-12H,2-5,8-9H2,1H3,(H,20,21,22). The van der Waals surface area contributed by atoms with E-state index in [9.17, 15) is 4.79 Å². The number of ether oxygens (including phenoxy) is 1. The minimum Gasteiger partial charge on any atom is -0.495 e. The Morgan fingerprint density at radius 3 is 2.48 bits per heavy atom. The highest BCUT2D eigenvalue weighted by atomic mass is 35.5. The quantitative estimate of drug-likeness (QED) is 0.895. The first-order valence-corrected chi connectivity index (χ1v) is 8.77. The number of likely N-dealkylation sites (tertiary alicyclic amines) is 1. The van der Waals surface area contributed by atoms with Crippen molar-refractivity contribution in [3.63, 3.8) is 0 Å². The lowest BCUT2D eigenvalue weighted by molar-refractivity contribution is 0.0761. The predicted molar refractivity (Wildman–Crippen MR) is 97.7 cm³/mol. The van der Waals surface area contributed by atoms with Gasteiger partial charge in [0.25, 0.3) is 5.91 Å². The highest BCUT2D eigenvalue weighted by Crippen LogP contribution is 2.29. The second-order valence-electron chi connectivity index (χ2n) is 5.97. The molecular weight excluding hydrogens is 340 g/mol. The maximum absolute atomic E-state index is 12.6. The summed E-state index contributed by atoms with van der Waals surface area (Å²) < 4.78 is 5.29. The highest BCUT2D eigenvalue weighted by molar-refractivity contribution is 6.31. The molecule has 3 rings (SSSR count). The molecule has 0 aliphatic carbocycles. The number of rotatable bonds is 4. The van der Waals surface area contributed by atoms with Gasteiger partial charge in [-0.2, -0.15) is 0 Å². The zero-order valence-corrected chi connectivity index (χ0v) is 14.9. The Morgan fingerprint density at radius 2 is 1.84 bits per heavy atom. The molecule has 2 aromatic rings. The molecule has 0 atom stereocenters. The van der Waals surface area contributed by atoms with Gasteiger partial charge in [-0.3, -0.25) is 4.79 Å². The van der Waals surface area contributed by atoms with Crippen LogP contribution in [-0.4, -0.2) is 41.0 Å². The fourth-order valence-corrected chi connectivity index (χ4v) is 3.03. The van der Waals surface area contributed by atoms with Crippen molar-refractivity contribution in [2.75, 3.05) is 25.5 Å². The summed E-state index contributed by atoms with van der Waals surface area (Å²) in [6.07, 6.45) is 7.59. The van der Waals surface area contributed by atoms with E-state index in [1.165, 1.54) is 12.8 Å². The van der Waals surface area contributed by atoms with Gasteiger partial charge in [-0.05, 0) is 31.0 Å². The lowest BCUT2D eigenvalue weighted by Crippen LogP contribution is -2.32. The van der Waals surface area contributed by atoms with Crippen LogP contribution in [0.5, 0.6) is 5.75 Å². The molecule has 1 aromatic carbocycles. The third-order valence-electron chi connectivity index (χ3n) is 4.20. The van der Waals surface area contributed by atoms with E-state index in [2.05, 4.69) is 15.3 Å². The maximum Gasteiger partial charge on any atom is 0.256 e. The molecule has 25 heavy (non-hydrogen) atoms. The summed E-state index contributed by atoms with van der Waals surface area (Å²) in [5, 5.41) is 3.64. The molecule has 0 saturated carbocycles. The van der Waals surface area contributed by atoms with E-state index >= 15 is 0 Å². The highest BCUT2D eigenvalue weighted by Gasteiger charge is 2.18. The van der Waals surface area contributed by atoms with Crippen LogP contribution >= 0.6 is 11.6 Å². The van der Waals surface area contributed by atoms with Crippen LogP contribution in [0.2, 0.25) is 5.02 Å². The molecule has 0 bridgehead atoms. The summed E-state index contributed by atoms with van der Waals surface area (Å²) in [6.45, 7) is 1.61. The summed E-state index contributed by atoms with van der Waals surface area (Å²) in [7, 11) is 1.58. The van der Waals surface area contributed by atoms with Crippen molar-refractivity contribution in [3.8, 4) is 5.75 Å². The molecule has 1 fully saturated rings. The number of aromatic nitrogens is 2. The van der Waals surface area contributed by atoms with Gasteiger partial charge in [-0.15, -0.1) is 0 Å². The van der Waals surface area contributed by atoms with Crippen LogP contribution in [0.1, 0.15) is 36.0 Å². The number of halogens is 1. The number of carbonyl (C=O) groups is 1. The van der Waals surface area contributed by atoms with Gasteiger partial charge in [-0.1, -0.05) is 24.4 Å². The maximum atomic E-state index is 12.6. The number of hydrogen-bond acceptors (Lipinski definition) is 5. The third kappa shape index (κ3) is 4.39. The molecule has 0 radical (unpaired) electrons. The zero-order valence-electron chi connectivity index (χ0n) is 14.2. The Morgan fingerprint density at radius 1 is 1.16 bits per heavy atom. The van der Waals surface area contributed by atoms with Crippen molar-refractivity contribution >= 4 is 29.1 Å². The first-order valence-electron chi connectivity index (χ1n) is 8.39. The third-order valence-corrected chi connectivity index (χ3v) is 4.44. The second-order valence-corrected chi connectivity index (χ2v) is 6.41. The van der Waals surface area contributed by atoms with Crippen molar-refractivity contribution in [2.24, 2.45) is 0 Å². The largest absolute Gasteiger partial charge is 0.495 e. The Kier molecular flexibility index (Phi) is 5.71. The molecule has 132 valence electrons. The van der Waals surface area contributed by atoms with Crippen LogP contribution in [0, 0.1) is 0 Å². The second kappa shape index (κ2) is 8.16. The van der Waals surface area contributed by atoms with E-state index in [-0.39, 0.29) is 5.91 Å². The number of anilines is 2. The number of hydrogen-bond donors (Lipinski definition) is 1. The fraction of sp³-hybridized carbons (Fsp3) is 0.389. The topological polar surface area (TPSA) is 67.3 Å². The van der Waals surface area contributed by atoms with E-state index in [1.807, 2.05) is 4.90 Å². The lowest BCUT2D eigenvalue weighted by atomic mass is 10.2. The van der Waals surface area contributed by atoms with Gasteiger partial charge >= 0.3 is 0 Å². The smallest absolute Gasteiger partial charge is 0.256 e. The van der Waals surface area contributed by atoms with Gasteiger partial charge in [0, 0.05) is 30.5 Å². The monoisotopic (exact) mass is 360 g/mol. The summed E-state index contributed by atoms with van der Waals surface area (Å²) >= 11 is 6.02. The first kappa shape index (κ1) is 17.5. The average Bonchev–Trinajstić information content (AvgIpc) is 2.91. The molecule has 2 heterocycles. The van der Waals surface area contributed by atoms with Gasteiger partial charge in [0.15, 0.2) is 0 Å². The molecule has 1 aliphatic heterocycles. The van der Waals surface area contributed by atoms with Gasteiger partial charge in [0.05, 0.1) is 18.4 Å². The van der Waals surface area contributed by atoms with E-state index < -0.39 is 0 Å². The molecule has 6 nitrogen and oxygen atoms in total. The average molecular weight is 361 g/mol. The van der Waals surface area contributed by atoms with Crippen LogP contribution in [0.3, 0.4) is 0 Å². The molecule has 0 unspecified atom stereocenters. The van der Waals surface area contributed by atoms with E-state index in [0.717, 1.165) is 25.9 Å². The van der Waals surface area contributed by atoms with Crippen LogP contribution < -0.4 is 10.1 Å². The number of methoxy groups -OCH3 is 1. The van der Waals surface area contributed by atoms with Crippen LogP contribution in [0.15, 0.2) is 30.6 Å². The molecule has 1 aromatic heterocycles. The fourth-order valence-electron chi connectivity index (χ4n) is 2.86. The number of amides is 1. The number of benzene rings is 1. The number of nitrogens with zero attached hydrogens (tertiary/aromatic N) is 3. The van der Waals surface area contributed by atoms with Crippen LogP contribution in [0.4, 0.5) is 11.6 Å². The van der Waals surface area contributed by atoms with Gasteiger partial charge in [-0.25, -0.2) is 9.97 Å². The lowest BCUT2D eigenvalue weighted by Gasteiger charge is -2.20. The minimum atomic E-state index is -0.00575. The van der Waals surface area contributed by atoms with Crippen molar-refractivity contribution < 1.29 is 9.53 Å². The molecular formula is C18H21ClN4O2. The Labute approximate surface area is 152 Å². The summed E-state index contributed by atoms with van der Waals surface area (Å²) in [5.74, 6) is 1.01. The minimum absolute atomic E-state index is 0.00575. The predicted octanol–water partition coefficient (Wildman–Crippen LogP) is 3.90. The molecule has 7 heteroatoms. The SMILES string of the molecule is COc1ccc(Cl)cc1Nc1ncc(C(=O)N2CCCCCC2)cn1. The molecule has 1 aliphatic rings. The van der Waals surface area contributed by atoms with E-state index in [1.54, 1.807) is 37.7 Å². The van der Waals surface area contributed by atoms with Crippen molar-refractivity contribution in [2.45, 2.75) is 25.7 Å². The summed E-state index contributed by atoms with van der Waals surface area (Å²) in [6, 6.07) is 5.25. The van der Waals surface area contributed by atoms with Crippen LogP contribution in [-0.2, 0) is 0 Å². The molecule has 0 spiro atoms. The Balaban J connectivity index is 1.72.